The van der Waals surface area contributed by atoms with Crippen molar-refractivity contribution in [3.63, 3.8) is 0 Å². The van der Waals surface area contributed by atoms with Crippen LogP contribution in [0.25, 0.3) is 23.7 Å². The SMILES string of the molecule is CCCCN1N=c2c3ncnc-3c3c(n2N1CC(C)C)=CNC=C3. The van der Waals surface area contributed by atoms with Crippen LogP contribution < -0.4 is 21.3 Å². The monoisotopic (exact) mass is 325 g/mol. The van der Waals surface area contributed by atoms with Crippen molar-refractivity contribution in [1.29, 1.82) is 0 Å². The summed E-state index contributed by atoms with van der Waals surface area (Å²) in [6.07, 6.45) is 9.87. The predicted octanol–water partition coefficient (Wildman–Crippen LogP) is 0.854. The van der Waals surface area contributed by atoms with Crippen molar-refractivity contribution < 1.29 is 0 Å². The molecule has 4 heterocycles. The molecule has 0 unspecified atom stereocenters. The van der Waals surface area contributed by atoms with Crippen LogP contribution in [0.3, 0.4) is 0 Å². The molecule has 0 spiro atoms. The Morgan fingerprint density at radius 3 is 2.83 bits per heavy atom. The molecule has 7 nitrogen and oxygen atoms in total. The lowest BCUT2D eigenvalue weighted by molar-refractivity contribution is 0.209. The van der Waals surface area contributed by atoms with E-state index in [1.165, 1.54) is 0 Å². The minimum Gasteiger partial charge on any atom is -0.366 e. The van der Waals surface area contributed by atoms with Gasteiger partial charge in [-0.05, 0) is 18.4 Å². The van der Waals surface area contributed by atoms with Gasteiger partial charge in [-0.15, -0.1) is 5.10 Å². The summed E-state index contributed by atoms with van der Waals surface area (Å²) in [4.78, 5) is 8.94. The molecular formula is C17H23N7. The highest BCUT2D eigenvalue weighted by molar-refractivity contribution is 5.72. The van der Waals surface area contributed by atoms with Crippen molar-refractivity contribution in [2.75, 3.05) is 18.2 Å². The van der Waals surface area contributed by atoms with E-state index in [-0.39, 0.29) is 0 Å². The third-order valence-corrected chi connectivity index (χ3v) is 4.28. The zero-order valence-electron chi connectivity index (χ0n) is 14.4. The van der Waals surface area contributed by atoms with Crippen molar-refractivity contribution in [2.45, 2.75) is 33.6 Å². The molecule has 24 heavy (non-hydrogen) atoms. The van der Waals surface area contributed by atoms with Gasteiger partial charge in [0.25, 0.3) is 0 Å². The van der Waals surface area contributed by atoms with E-state index >= 15 is 0 Å². The second-order valence-corrected chi connectivity index (χ2v) is 6.65. The van der Waals surface area contributed by atoms with Crippen LogP contribution in [0.15, 0.2) is 17.6 Å². The molecule has 0 aromatic carbocycles. The molecule has 0 aromatic heterocycles. The topological polar surface area (TPSA) is 61.6 Å². The van der Waals surface area contributed by atoms with Gasteiger partial charge in [0.05, 0.1) is 18.4 Å². The number of hydrogen-bond acceptors (Lipinski definition) is 6. The molecule has 0 fully saturated rings. The molecule has 7 heteroatoms. The Labute approximate surface area is 141 Å². The van der Waals surface area contributed by atoms with Crippen LogP contribution in [-0.2, 0) is 0 Å². The van der Waals surface area contributed by atoms with E-state index in [0.717, 1.165) is 53.7 Å². The van der Waals surface area contributed by atoms with Gasteiger partial charge in [0, 0.05) is 18.0 Å². The minimum atomic E-state index is 0.520. The standard InChI is InChI=1S/C17H23N7/c1-4-5-8-22-21-17-16-15(19-11-20-16)13-6-7-18-9-14(13)24(17)23(22)10-12(2)3/h6-7,9,11-12,18H,4-5,8,10H2,1-3H3. The number of imidazole rings is 1. The second-order valence-electron chi connectivity index (χ2n) is 6.65. The number of hydrazine groups is 1. The van der Waals surface area contributed by atoms with Crippen molar-refractivity contribution in [3.8, 4) is 11.4 Å². The Morgan fingerprint density at radius 2 is 2.04 bits per heavy atom. The molecule has 0 bridgehead atoms. The molecule has 126 valence electrons. The molecular weight excluding hydrogens is 302 g/mol. The summed E-state index contributed by atoms with van der Waals surface area (Å²) < 4.78 is 2.18. The van der Waals surface area contributed by atoms with Crippen molar-refractivity contribution in [2.24, 2.45) is 11.0 Å². The number of pyridine rings is 1. The number of aromatic nitrogens is 3. The molecule has 1 N–H and O–H groups in total. The first-order chi connectivity index (χ1) is 11.7. The largest absolute Gasteiger partial charge is 0.366 e. The van der Waals surface area contributed by atoms with E-state index in [0.29, 0.717) is 5.92 Å². The number of nitrogens with one attached hydrogen (secondary N) is 1. The molecule has 0 saturated heterocycles. The maximum atomic E-state index is 4.88. The molecule has 0 saturated carbocycles. The quantitative estimate of drug-likeness (QED) is 0.883. The van der Waals surface area contributed by atoms with Crippen LogP contribution in [0.5, 0.6) is 0 Å². The van der Waals surface area contributed by atoms with Crippen molar-refractivity contribution >= 4 is 12.3 Å². The Bertz CT molecular complexity index is 864. The summed E-state index contributed by atoms with van der Waals surface area (Å²) in [5.74, 6) is 0.520. The van der Waals surface area contributed by atoms with Gasteiger partial charge < -0.3 is 5.32 Å². The summed E-state index contributed by atoms with van der Waals surface area (Å²) in [5, 5.41) is 13.5. The maximum Gasteiger partial charge on any atom is 0.203 e. The smallest absolute Gasteiger partial charge is 0.203 e. The van der Waals surface area contributed by atoms with Gasteiger partial charge in [-0.25, -0.2) is 19.8 Å². The van der Waals surface area contributed by atoms with Gasteiger partial charge in [-0.3, -0.25) is 0 Å². The molecule has 4 aliphatic heterocycles. The number of unbranched alkanes of at least 4 members (excludes halogenated alkanes) is 1. The van der Waals surface area contributed by atoms with E-state index in [2.05, 4.69) is 57.0 Å². The summed E-state index contributed by atoms with van der Waals surface area (Å²) in [5.41, 5.74) is 3.73. The fourth-order valence-corrected chi connectivity index (χ4v) is 3.19. The molecule has 0 amide bonds. The first kappa shape index (κ1) is 15.0. The normalized spacial score (nSPS) is 15.3. The van der Waals surface area contributed by atoms with Gasteiger partial charge in [-0.2, -0.15) is 5.12 Å². The first-order valence-corrected chi connectivity index (χ1v) is 8.62. The Balaban J connectivity index is 1.95. The highest BCUT2D eigenvalue weighted by Crippen LogP contribution is 2.20. The third kappa shape index (κ3) is 2.23. The van der Waals surface area contributed by atoms with Gasteiger partial charge in [-0.1, -0.05) is 27.2 Å². The summed E-state index contributed by atoms with van der Waals surface area (Å²) in [7, 11) is 0. The minimum absolute atomic E-state index is 0.520. The Morgan fingerprint density at radius 1 is 1.21 bits per heavy atom. The van der Waals surface area contributed by atoms with Crippen LogP contribution >= 0.6 is 0 Å². The van der Waals surface area contributed by atoms with Crippen LogP contribution in [0.2, 0.25) is 0 Å². The molecule has 0 atom stereocenters. The van der Waals surface area contributed by atoms with E-state index in [1.54, 1.807) is 6.33 Å². The molecule has 0 radical (unpaired) electrons. The third-order valence-electron chi connectivity index (χ3n) is 4.28. The fourth-order valence-electron chi connectivity index (χ4n) is 3.19. The van der Waals surface area contributed by atoms with Gasteiger partial charge >= 0.3 is 0 Å². The van der Waals surface area contributed by atoms with E-state index in [1.807, 2.05) is 12.4 Å². The lowest BCUT2D eigenvalue weighted by Gasteiger charge is -2.32. The van der Waals surface area contributed by atoms with Crippen LogP contribution in [0, 0.1) is 5.92 Å². The van der Waals surface area contributed by atoms with Crippen LogP contribution in [0.1, 0.15) is 39.2 Å². The second kappa shape index (κ2) is 5.81. The summed E-state index contributed by atoms with van der Waals surface area (Å²) in [6.45, 7) is 8.46. The number of rotatable bonds is 5. The number of hydrogen-bond donors (Lipinski definition) is 1. The van der Waals surface area contributed by atoms with Gasteiger partial charge in [0.1, 0.15) is 17.7 Å². The van der Waals surface area contributed by atoms with E-state index in [9.17, 15) is 0 Å². The summed E-state index contributed by atoms with van der Waals surface area (Å²) >= 11 is 0. The van der Waals surface area contributed by atoms with Crippen molar-refractivity contribution in [1.82, 2.24) is 25.1 Å². The molecule has 4 rings (SSSR count). The lowest BCUT2D eigenvalue weighted by atomic mass is 10.1. The van der Waals surface area contributed by atoms with Crippen molar-refractivity contribution in [3.05, 3.63) is 28.9 Å². The van der Waals surface area contributed by atoms with E-state index < -0.39 is 0 Å². The highest BCUT2D eigenvalue weighted by Gasteiger charge is 2.29. The Kier molecular flexibility index (Phi) is 3.63. The molecule has 4 aliphatic rings. The Hall–Kier alpha value is -2.57. The van der Waals surface area contributed by atoms with Gasteiger partial charge in [0.2, 0.25) is 5.49 Å². The lowest BCUT2D eigenvalue weighted by Crippen LogP contribution is -2.54. The average molecular weight is 325 g/mol. The highest BCUT2D eigenvalue weighted by atomic mass is 15.9. The number of nitrogens with zero attached hydrogens (tertiary/aromatic N) is 6. The van der Waals surface area contributed by atoms with Gasteiger partial charge in [0.15, 0.2) is 0 Å². The number of fused-ring (bicyclic) bond motifs is 6. The maximum absolute atomic E-state index is 4.88. The van der Waals surface area contributed by atoms with E-state index in [4.69, 9.17) is 5.10 Å². The molecule has 0 aliphatic carbocycles. The van der Waals surface area contributed by atoms with Crippen LogP contribution in [0.4, 0.5) is 0 Å². The summed E-state index contributed by atoms with van der Waals surface area (Å²) in [6, 6.07) is 0. The van der Waals surface area contributed by atoms with Crippen LogP contribution in [-0.4, -0.2) is 32.9 Å². The average Bonchev–Trinajstić information content (AvgIpc) is 3.18. The first-order valence-electron chi connectivity index (χ1n) is 8.62. The fraction of sp³-hybridized carbons (Fsp3) is 0.471. The molecule has 0 aromatic rings. The predicted molar refractivity (Wildman–Crippen MR) is 93.6 cm³/mol. The zero-order chi connectivity index (χ0) is 16.7. The zero-order valence-corrected chi connectivity index (χ0v) is 14.4.